The number of hydrogen-bond donors (Lipinski definition) is 2. The van der Waals surface area contributed by atoms with Crippen LogP contribution in [0.5, 0.6) is 0 Å². The first-order valence-corrected chi connectivity index (χ1v) is 7.53. The van der Waals surface area contributed by atoms with Crippen LogP contribution in [0.2, 0.25) is 0 Å². The van der Waals surface area contributed by atoms with Gasteiger partial charge in [-0.3, -0.25) is 4.98 Å². The van der Waals surface area contributed by atoms with Crippen molar-refractivity contribution in [1.82, 2.24) is 14.5 Å². The lowest BCUT2D eigenvalue weighted by atomic mass is 10.2. The van der Waals surface area contributed by atoms with Crippen LogP contribution in [0.25, 0.3) is 21.9 Å². The predicted molar refractivity (Wildman–Crippen MR) is 110 cm³/mol. The molecule has 0 aliphatic carbocycles. The summed E-state index contributed by atoms with van der Waals surface area (Å²) in [6.07, 6.45) is 3.43. The highest BCUT2D eigenvalue weighted by Crippen LogP contribution is 2.22. The largest absolute Gasteiger partial charge is 0.334 e. The molecule has 8 heteroatoms. The van der Waals surface area contributed by atoms with E-state index in [4.69, 9.17) is 0 Å². The minimum Gasteiger partial charge on any atom is -0.334 e. The minimum absolute atomic E-state index is 0. The molecule has 0 saturated heterocycles. The molecule has 0 aliphatic heterocycles. The van der Waals surface area contributed by atoms with Gasteiger partial charge in [0.1, 0.15) is 0 Å². The molecule has 6 nitrogen and oxygen atoms in total. The van der Waals surface area contributed by atoms with Crippen LogP contribution in [0, 0.1) is 0 Å². The molecule has 0 unspecified atom stereocenters. The van der Waals surface area contributed by atoms with Crippen LogP contribution in [-0.4, -0.2) is 20.6 Å². The van der Waals surface area contributed by atoms with E-state index in [2.05, 4.69) is 20.6 Å². The number of amides is 2. The number of hydrogen-bond acceptors (Lipinski definition) is 3. The lowest BCUT2D eigenvalue weighted by Gasteiger charge is -2.10. The fourth-order valence-corrected chi connectivity index (χ4v) is 2.69. The number of halogens is 2. The summed E-state index contributed by atoms with van der Waals surface area (Å²) in [5.41, 5.74) is 4.12. The van der Waals surface area contributed by atoms with Gasteiger partial charge in [-0.2, -0.15) is 0 Å². The maximum Gasteiger partial charge on any atom is 0.323 e. The molecule has 0 aliphatic rings. The van der Waals surface area contributed by atoms with Crippen molar-refractivity contribution in [2.24, 2.45) is 7.05 Å². The highest BCUT2D eigenvalue weighted by Gasteiger charge is 2.08. The molecule has 0 bridgehead atoms. The Morgan fingerprint density at radius 1 is 0.962 bits per heavy atom. The molecule has 2 heterocycles. The molecule has 0 atom stereocenters. The average Bonchev–Trinajstić information content (AvgIpc) is 2.96. The maximum atomic E-state index is 12.3. The minimum atomic E-state index is -0.298. The van der Waals surface area contributed by atoms with Crippen LogP contribution in [-0.2, 0) is 7.05 Å². The lowest BCUT2D eigenvalue weighted by molar-refractivity contribution is 0.262. The Labute approximate surface area is 162 Å². The number of rotatable bonds is 2. The van der Waals surface area contributed by atoms with Gasteiger partial charge in [0.25, 0.3) is 0 Å². The molecule has 0 fully saturated rings. The number of imidazole rings is 1. The van der Waals surface area contributed by atoms with Gasteiger partial charge in [-0.05, 0) is 30.3 Å². The smallest absolute Gasteiger partial charge is 0.323 e. The number of nitrogens with zero attached hydrogens (tertiary/aromatic N) is 3. The molecule has 26 heavy (non-hydrogen) atoms. The van der Waals surface area contributed by atoms with Crippen molar-refractivity contribution in [2.75, 3.05) is 10.6 Å². The highest BCUT2D eigenvalue weighted by molar-refractivity contribution is 6.05. The normalized spacial score (nSPS) is 10.0. The molecule has 134 valence electrons. The van der Waals surface area contributed by atoms with E-state index in [9.17, 15) is 4.79 Å². The number of carbonyl (C=O) groups excluding carboxylic acids is 1. The van der Waals surface area contributed by atoms with Crippen LogP contribution >= 0.6 is 24.8 Å². The Kier molecular flexibility index (Phi) is 6.02. The Bertz CT molecular complexity index is 1060. The third kappa shape index (κ3) is 3.71. The second kappa shape index (κ2) is 8.03. The van der Waals surface area contributed by atoms with Crippen molar-refractivity contribution in [3.05, 3.63) is 61.1 Å². The quantitative estimate of drug-likeness (QED) is 0.525. The molecule has 4 rings (SSSR count). The molecule has 2 amide bonds. The Hall–Kier alpha value is -2.83. The van der Waals surface area contributed by atoms with E-state index in [1.165, 1.54) is 0 Å². The van der Waals surface area contributed by atoms with Gasteiger partial charge in [-0.15, -0.1) is 24.8 Å². The van der Waals surface area contributed by atoms with Crippen molar-refractivity contribution < 1.29 is 4.79 Å². The number of fused-ring (bicyclic) bond motifs is 2. The second-order valence-corrected chi connectivity index (χ2v) is 5.51. The first kappa shape index (κ1) is 19.5. The predicted octanol–water partition coefficient (Wildman–Crippen LogP) is 4.61. The van der Waals surface area contributed by atoms with Crippen LogP contribution in [0.15, 0.2) is 61.1 Å². The summed E-state index contributed by atoms with van der Waals surface area (Å²) in [5.74, 6) is 0. The van der Waals surface area contributed by atoms with Crippen LogP contribution in [0.4, 0.5) is 16.2 Å². The molecule has 2 aromatic carbocycles. The van der Waals surface area contributed by atoms with Gasteiger partial charge in [-0.25, -0.2) is 9.78 Å². The number of aryl methyl sites for hydroxylation is 1. The maximum absolute atomic E-state index is 12.3. The SMILES string of the molecule is Cl.Cl.Cn1cnc2ccc(NC(=O)Nc3ccnc4ccccc34)cc21. The molecule has 4 aromatic rings. The van der Waals surface area contributed by atoms with Gasteiger partial charge in [-0.1, -0.05) is 18.2 Å². The zero-order valence-electron chi connectivity index (χ0n) is 13.8. The molecule has 0 saturated carbocycles. The number of anilines is 2. The van der Waals surface area contributed by atoms with Gasteiger partial charge in [0.2, 0.25) is 0 Å². The summed E-state index contributed by atoms with van der Waals surface area (Å²) < 4.78 is 1.91. The third-order valence-electron chi connectivity index (χ3n) is 3.88. The van der Waals surface area contributed by atoms with Crippen molar-refractivity contribution in [2.45, 2.75) is 0 Å². The average molecular weight is 390 g/mol. The van der Waals surface area contributed by atoms with E-state index >= 15 is 0 Å². The molecular formula is C18H17Cl2N5O. The fraction of sp³-hybridized carbons (Fsp3) is 0.0556. The third-order valence-corrected chi connectivity index (χ3v) is 3.88. The van der Waals surface area contributed by atoms with Gasteiger partial charge < -0.3 is 15.2 Å². The van der Waals surface area contributed by atoms with Crippen molar-refractivity contribution >= 4 is 64.2 Å². The topological polar surface area (TPSA) is 71.8 Å². The monoisotopic (exact) mass is 389 g/mol. The number of carbonyl (C=O) groups is 1. The number of aromatic nitrogens is 3. The summed E-state index contributed by atoms with van der Waals surface area (Å²) in [4.78, 5) is 20.9. The highest BCUT2D eigenvalue weighted by atomic mass is 35.5. The van der Waals surface area contributed by atoms with Gasteiger partial charge in [0, 0.05) is 24.3 Å². The van der Waals surface area contributed by atoms with Crippen LogP contribution in [0.1, 0.15) is 0 Å². The van der Waals surface area contributed by atoms with E-state index in [0.717, 1.165) is 27.6 Å². The molecule has 0 spiro atoms. The van der Waals surface area contributed by atoms with Crippen LogP contribution in [0.3, 0.4) is 0 Å². The van der Waals surface area contributed by atoms with E-state index < -0.39 is 0 Å². The Morgan fingerprint density at radius 2 is 1.77 bits per heavy atom. The van der Waals surface area contributed by atoms with Gasteiger partial charge >= 0.3 is 6.03 Å². The summed E-state index contributed by atoms with van der Waals surface area (Å²) in [7, 11) is 1.92. The number of urea groups is 1. The summed E-state index contributed by atoms with van der Waals surface area (Å²) in [6, 6.07) is 14.8. The summed E-state index contributed by atoms with van der Waals surface area (Å²) in [6.45, 7) is 0. The summed E-state index contributed by atoms with van der Waals surface area (Å²) in [5, 5.41) is 6.63. The zero-order chi connectivity index (χ0) is 16.5. The zero-order valence-corrected chi connectivity index (χ0v) is 15.5. The second-order valence-electron chi connectivity index (χ2n) is 5.51. The van der Waals surface area contributed by atoms with E-state index in [-0.39, 0.29) is 30.8 Å². The molecular weight excluding hydrogens is 373 g/mol. The molecule has 2 aromatic heterocycles. The number of pyridine rings is 1. The first-order valence-electron chi connectivity index (χ1n) is 7.53. The van der Waals surface area contributed by atoms with E-state index in [1.807, 2.05) is 54.1 Å². The molecule has 0 radical (unpaired) electrons. The number of nitrogens with one attached hydrogen (secondary N) is 2. The lowest BCUT2D eigenvalue weighted by Crippen LogP contribution is -2.19. The van der Waals surface area contributed by atoms with Crippen molar-refractivity contribution in [3.63, 3.8) is 0 Å². The van der Waals surface area contributed by atoms with Gasteiger partial charge in [0.05, 0.1) is 28.6 Å². The molecule has 2 N–H and O–H groups in total. The Balaban J connectivity index is 0.00000121. The number of benzene rings is 2. The van der Waals surface area contributed by atoms with Crippen molar-refractivity contribution in [3.8, 4) is 0 Å². The first-order chi connectivity index (χ1) is 11.7. The fourth-order valence-electron chi connectivity index (χ4n) is 2.69. The van der Waals surface area contributed by atoms with E-state index in [1.54, 1.807) is 18.6 Å². The van der Waals surface area contributed by atoms with Crippen LogP contribution < -0.4 is 10.6 Å². The van der Waals surface area contributed by atoms with Crippen molar-refractivity contribution in [1.29, 1.82) is 0 Å². The van der Waals surface area contributed by atoms with E-state index in [0.29, 0.717) is 5.69 Å². The standard InChI is InChI=1S/C18H15N5O.2ClH/c1-23-11-20-16-7-6-12(10-17(16)23)21-18(24)22-15-8-9-19-14-5-3-2-4-13(14)15;;/h2-11H,1H3,(H2,19,21,22,24);2*1H. The Morgan fingerprint density at radius 3 is 2.62 bits per heavy atom. The van der Waals surface area contributed by atoms with Gasteiger partial charge in [0.15, 0.2) is 0 Å². The summed E-state index contributed by atoms with van der Waals surface area (Å²) >= 11 is 0. The number of para-hydroxylation sites is 1.